The van der Waals surface area contributed by atoms with Gasteiger partial charge in [0.15, 0.2) is 0 Å². The van der Waals surface area contributed by atoms with Crippen LogP contribution in [0.1, 0.15) is 18.4 Å². The van der Waals surface area contributed by atoms with Gasteiger partial charge in [0, 0.05) is 6.04 Å². The van der Waals surface area contributed by atoms with Crippen LogP contribution in [-0.4, -0.2) is 35.5 Å². The van der Waals surface area contributed by atoms with Gasteiger partial charge in [-0.05, 0) is 18.4 Å². The van der Waals surface area contributed by atoms with Crippen molar-refractivity contribution in [3.05, 3.63) is 35.9 Å². The van der Waals surface area contributed by atoms with Gasteiger partial charge >= 0.3 is 5.97 Å². The minimum absolute atomic E-state index is 0.0834. The predicted octanol–water partition coefficient (Wildman–Crippen LogP) is 0.325. The van der Waals surface area contributed by atoms with Crippen LogP contribution in [0, 0.1) is 5.92 Å². The highest BCUT2D eigenvalue weighted by atomic mass is 16.4. The zero-order valence-electron chi connectivity index (χ0n) is 11.5. The van der Waals surface area contributed by atoms with E-state index in [-0.39, 0.29) is 36.7 Å². The Bertz CT molecular complexity index is 524. The molecule has 6 heteroatoms. The van der Waals surface area contributed by atoms with Crippen molar-refractivity contribution in [3.8, 4) is 0 Å². The third kappa shape index (κ3) is 4.59. The van der Waals surface area contributed by atoms with E-state index >= 15 is 0 Å². The number of aliphatic carboxylic acids is 1. The smallest absolute Gasteiger partial charge is 0.306 e. The molecule has 1 aromatic carbocycles. The highest BCUT2D eigenvalue weighted by molar-refractivity contribution is 5.86. The zero-order chi connectivity index (χ0) is 15.2. The molecule has 1 saturated carbocycles. The van der Waals surface area contributed by atoms with Crippen LogP contribution in [0.2, 0.25) is 0 Å². The topological polar surface area (TPSA) is 95.5 Å². The lowest BCUT2D eigenvalue weighted by molar-refractivity contribution is -0.146. The molecule has 2 amide bonds. The third-order valence-corrected chi connectivity index (χ3v) is 3.51. The van der Waals surface area contributed by atoms with E-state index in [0.717, 1.165) is 5.56 Å². The summed E-state index contributed by atoms with van der Waals surface area (Å²) in [7, 11) is 0. The van der Waals surface area contributed by atoms with Crippen LogP contribution >= 0.6 is 0 Å². The Morgan fingerprint density at radius 1 is 1.10 bits per heavy atom. The van der Waals surface area contributed by atoms with Crippen molar-refractivity contribution < 1.29 is 19.5 Å². The van der Waals surface area contributed by atoms with Gasteiger partial charge in [0.1, 0.15) is 0 Å². The van der Waals surface area contributed by atoms with Crippen LogP contribution < -0.4 is 10.6 Å². The minimum atomic E-state index is -0.823. The molecule has 0 atom stereocenters. The summed E-state index contributed by atoms with van der Waals surface area (Å²) < 4.78 is 0. The summed E-state index contributed by atoms with van der Waals surface area (Å²) in [6, 6.07) is 9.18. The Hall–Kier alpha value is -2.37. The van der Waals surface area contributed by atoms with Gasteiger partial charge < -0.3 is 15.7 Å². The van der Waals surface area contributed by atoms with E-state index in [2.05, 4.69) is 10.6 Å². The number of benzene rings is 1. The first kappa shape index (κ1) is 15.0. The molecule has 1 aromatic rings. The molecule has 112 valence electrons. The summed E-state index contributed by atoms with van der Waals surface area (Å²) in [6.45, 7) is -0.0834. The van der Waals surface area contributed by atoms with Gasteiger partial charge in [-0.3, -0.25) is 14.4 Å². The van der Waals surface area contributed by atoms with Crippen LogP contribution in [0.25, 0.3) is 0 Å². The summed E-state index contributed by atoms with van der Waals surface area (Å²) in [5, 5.41) is 14.0. The number of carboxylic acid groups (broad SMARTS) is 1. The van der Waals surface area contributed by atoms with E-state index in [1.807, 2.05) is 30.3 Å². The molecule has 3 N–H and O–H groups in total. The molecule has 1 aliphatic rings. The van der Waals surface area contributed by atoms with E-state index in [1.54, 1.807) is 0 Å². The number of carbonyl (C=O) groups is 3. The van der Waals surface area contributed by atoms with E-state index in [4.69, 9.17) is 5.11 Å². The molecule has 0 heterocycles. The second kappa shape index (κ2) is 6.88. The van der Waals surface area contributed by atoms with Crippen LogP contribution in [0.5, 0.6) is 0 Å². The average Bonchev–Trinajstić information content (AvgIpc) is 2.41. The minimum Gasteiger partial charge on any atom is -0.481 e. The normalized spacial score (nSPS) is 20.2. The maximum atomic E-state index is 11.7. The van der Waals surface area contributed by atoms with Crippen molar-refractivity contribution in [2.75, 3.05) is 6.54 Å². The lowest BCUT2D eigenvalue weighted by Crippen LogP contribution is -2.49. The monoisotopic (exact) mass is 290 g/mol. The molecule has 21 heavy (non-hydrogen) atoms. The van der Waals surface area contributed by atoms with Crippen molar-refractivity contribution in [3.63, 3.8) is 0 Å². The first-order valence-corrected chi connectivity index (χ1v) is 6.87. The number of amides is 2. The van der Waals surface area contributed by atoms with Gasteiger partial charge in [0.05, 0.1) is 18.9 Å². The van der Waals surface area contributed by atoms with Gasteiger partial charge in [-0.25, -0.2) is 0 Å². The van der Waals surface area contributed by atoms with Crippen LogP contribution in [0.15, 0.2) is 30.3 Å². The van der Waals surface area contributed by atoms with E-state index in [9.17, 15) is 14.4 Å². The van der Waals surface area contributed by atoms with Crippen molar-refractivity contribution in [2.24, 2.45) is 5.92 Å². The standard InChI is InChI=1S/C15H18N2O4/c18-13(6-10-4-2-1-3-5-10)16-9-14(19)17-12-7-11(8-12)15(20)21/h1-5,11-12H,6-9H2,(H,16,18)(H,17,19)(H,20,21). The Kier molecular flexibility index (Phi) is 4.92. The molecule has 0 radical (unpaired) electrons. The average molecular weight is 290 g/mol. The van der Waals surface area contributed by atoms with Crippen LogP contribution in [0.3, 0.4) is 0 Å². The van der Waals surface area contributed by atoms with Gasteiger partial charge in [-0.15, -0.1) is 0 Å². The summed E-state index contributed by atoms with van der Waals surface area (Å²) >= 11 is 0. The molecule has 6 nitrogen and oxygen atoms in total. The third-order valence-electron chi connectivity index (χ3n) is 3.51. The van der Waals surface area contributed by atoms with Crippen molar-refractivity contribution in [1.82, 2.24) is 10.6 Å². The number of rotatable bonds is 6. The molecule has 0 bridgehead atoms. The fraction of sp³-hybridized carbons (Fsp3) is 0.400. The van der Waals surface area contributed by atoms with E-state index in [1.165, 1.54) is 0 Å². The molecular weight excluding hydrogens is 272 g/mol. The molecule has 0 spiro atoms. The molecule has 2 rings (SSSR count). The summed E-state index contributed by atoms with van der Waals surface area (Å²) in [5.41, 5.74) is 0.888. The highest BCUT2D eigenvalue weighted by Crippen LogP contribution is 2.27. The Balaban J connectivity index is 1.63. The van der Waals surface area contributed by atoms with Gasteiger partial charge in [0.2, 0.25) is 11.8 Å². The number of carbonyl (C=O) groups excluding carboxylic acids is 2. The molecule has 0 aromatic heterocycles. The van der Waals surface area contributed by atoms with E-state index < -0.39 is 5.97 Å². The molecule has 1 fully saturated rings. The number of carboxylic acids is 1. The molecule has 0 aliphatic heterocycles. The second-order valence-electron chi connectivity index (χ2n) is 5.21. The maximum absolute atomic E-state index is 11.7. The fourth-order valence-corrected chi connectivity index (χ4v) is 2.24. The summed E-state index contributed by atoms with van der Waals surface area (Å²) in [4.78, 5) is 33.9. The zero-order valence-corrected chi connectivity index (χ0v) is 11.5. The Labute approximate surface area is 122 Å². The van der Waals surface area contributed by atoms with Crippen LogP contribution in [0.4, 0.5) is 0 Å². The predicted molar refractivity (Wildman–Crippen MR) is 75.4 cm³/mol. The first-order chi connectivity index (χ1) is 10.0. The molecule has 1 aliphatic carbocycles. The Morgan fingerprint density at radius 2 is 1.76 bits per heavy atom. The van der Waals surface area contributed by atoms with E-state index in [0.29, 0.717) is 12.8 Å². The number of hydrogen-bond acceptors (Lipinski definition) is 3. The summed E-state index contributed by atoms with van der Waals surface area (Å²) in [5.74, 6) is -1.68. The first-order valence-electron chi connectivity index (χ1n) is 6.87. The largest absolute Gasteiger partial charge is 0.481 e. The summed E-state index contributed by atoms with van der Waals surface area (Å²) in [6.07, 6.45) is 1.15. The molecular formula is C15H18N2O4. The van der Waals surface area contributed by atoms with Crippen molar-refractivity contribution >= 4 is 17.8 Å². The van der Waals surface area contributed by atoms with Gasteiger partial charge in [-0.2, -0.15) is 0 Å². The van der Waals surface area contributed by atoms with Crippen molar-refractivity contribution in [1.29, 1.82) is 0 Å². The second-order valence-corrected chi connectivity index (χ2v) is 5.21. The Morgan fingerprint density at radius 3 is 2.38 bits per heavy atom. The molecule has 0 saturated heterocycles. The SMILES string of the molecule is O=C(Cc1ccccc1)NCC(=O)NC1CC(C(=O)O)C1. The fourth-order valence-electron chi connectivity index (χ4n) is 2.24. The molecule has 0 unspecified atom stereocenters. The lowest BCUT2D eigenvalue weighted by atomic mass is 9.80. The number of nitrogens with one attached hydrogen (secondary N) is 2. The van der Waals surface area contributed by atoms with Crippen LogP contribution in [-0.2, 0) is 20.8 Å². The van der Waals surface area contributed by atoms with Gasteiger partial charge in [-0.1, -0.05) is 30.3 Å². The quantitative estimate of drug-likeness (QED) is 0.703. The van der Waals surface area contributed by atoms with Crippen molar-refractivity contribution in [2.45, 2.75) is 25.3 Å². The highest BCUT2D eigenvalue weighted by Gasteiger charge is 2.35. The maximum Gasteiger partial charge on any atom is 0.306 e. The van der Waals surface area contributed by atoms with Gasteiger partial charge in [0.25, 0.3) is 0 Å². The lowest BCUT2D eigenvalue weighted by Gasteiger charge is -2.32. The number of hydrogen-bond donors (Lipinski definition) is 3.